The van der Waals surface area contributed by atoms with Crippen LogP contribution in [0.5, 0.6) is 5.75 Å². The number of hydrogen-bond acceptors (Lipinski definition) is 3. The van der Waals surface area contributed by atoms with Gasteiger partial charge in [0.05, 0.1) is 17.6 Å². The van der Waals surface area contributed by atoms with Gasteiger partial charge in [-0.25, -0.2) is 4.98 Å². The SMILES string of the molecule is Cc1cccc(OCCCn2c(CCCCCNC(=O)c3cccc(Cl)c3)nc3ccccc32)c1. The van der Waals surface area contributed by atoms with E-state index < -0.39 is 0 Å². The summed E-state index contributed by atoms with van der Waals surface area (Å²) in [5.74, 6) is 1.95. The zero-order chi connectivity index (χ0) is 24.5. The second-order valence-corrected chi connectivity index (χ2v) is 9.20. The molecule has 4 rings (SSSR count). The van der Waals surface area contributed by atoms with Crippen molar-refractivity contribution in [3.8, 4) is 5.75 Å². The van der Waals surface area contributed by atoms with Crippen LogP contribution >= 0.6 is 11.6 Å². The van der Waals surface area contributed by atoms with E-state index in [0.717, 1.165) is 55.7 Å². The van der Waals surface area contributed by atoms with E-state index in [1.807, 2.05) is 18.2 Å². The molecule has 1 aromatic heterocycles. The third kappa shape index (κ3) is 7.09. The summed E-state index contributed by atoms with van der Waals surface area (Å²) in [6.07, 6.45) is 4.80. The summed E-state index contributed by atoms with van der Waals surface area (Å²) in [4.78, 5) is 17.1. The van der Waals surface area contributed by atoms with Crippen LogP contribution in [0.4, 0.5) is 0 Å². The van der Waals surface area contributed by atoms with Crippen LogP contribution in [0.15, 0.2) is 72.8 Å². The molecule has 0 saturated carbocycles. The maximum absolute atomic E-state index is 12.2. The Balaban J connectivity index is 1.24. The first-order chi connectivity index (χ1) is 17.1. The zero-order valence-electron chi connectivity index (χ0n) is 20.2. The number of halogens is 1. The lowest BCUT2D eigenvalue weighted by Gasteiger charge is -2.11. The number of aryl methyl sites for hydroxylation is 3. The van der Waals surface area contributed by atoms with Crippen LogP contribution in [0.2, 0.25) is 5.02 Å². The summed E-state index contributed by atoms with van der Waals surface area (Å²) in [6.45, 7) is 4.27. The minimum absolute atomic E-state index is 0.0813. The fraction of sp³-hybridized carbons (Fsp3) is 0.310. The lowest BCUT2D eigenvalue weighted by Crippen LogP contribution is -2.24. The molecule has 0 unspecified atom stereocenters. The quantitative estimate of drug-likeness (QED) is 0.228. The largest absolute Gasteiger partial charge is 0.494 e. The number of amides is 1. The van der Waals surface area contributed by atoms with Crippen molar-refractivity contribution in [1.29, 1.82) is 0 Å². The van der Waals surface area contributed by atoms with Crippen molar-refractivity contribution in [3.63, 3.8) is 0 Å². The normalized spacial score (nSPS) is 11.0. The highest BCUT2D eigenvalue weighted by molar-refractivity contribution is 6.30. The van der Waals surface area contributed by atoms with Crippen molar-refractivity contribution in [2.45, 2.75) is 45.6 Å². The first kappa shape index (κ1) is 24.8. The number of imidazole rings is 1. The Morgan fingerprint density at radius 3 is 2.69 bits per heavy atom. The molecular weight excluding hydrogens is 458 g/mol. The lowest BCUT2D eigenvalue weighted by atomic mass is 10.1. The molecule has 4 aromatic rings. The summed E-state index contributed by atoms with van der Waals surface area (Å²) in [5, 5.41) is 3.55. The Morgan fingerprint density at radius 2 is 1.83 bits per heavy atom. The van der Waals surface area contributed by atoms with Gasteiger partial charge in [0.25, 0.3) is 5.91 Å². The van der Waals surface area contributed by atoms with Crippen LogP contribution in [0.25, 0.3) is 11.0 Å². The number of carbonyl (C=O) groups is 1. The number of rotatable bonds is 12. The fourth-order valence-electron chi connectivity index (χ4n) is 4.20. The maximum Gasteiger partial charge on any atom is 0.251 e. The van der Waals surface area contributed by atoms with Gasteiger partial charge in [-0.15, -0.1) is 0 Å². The first-order valence-corrected chi connectivity index (χ1v) is 12.7. The molecule has 0 radical (unpaired) electrons. The van der Waals surface area contributed by atoms with Gasteiger partial charge in [-0.3, -0.25) is 4.79 Å². The van der Waals surface area contributed by atoms with Crippen molar-refractivity contribution < 1.29 is 9.53 Å². The van der Waals surface area contributed by atoms with E-state index in [9.17, 15) is 4.79 Å². The van der Waals surface area contributed by atoms with Crippen LogP contribution < -0.4 is 10.1 Å². The average molecular weight is 490 g/mol. The third-order valence-electron chi connectivity index (χ3n) is 5.97. The highest BCUT2D eigenvalue weighted by Gasteiger charge is 2.10. The van der Waals surface area contributed by atoms with Gasteiger partial charge in [0.15, 0.2) is 0 Å². The molecular formula is C29H32ClN3O2. The second kappa shape index (κ2) is 12.4. The van der Waals surface area contributed by atoms with Crippen molar-refractivity contribution in [1.82, 2.24) is 14.9 Å². The van der Waals surface area contributed by atoms with Crippen molar-refractivity contribution in [2.75, 3.05) is 13.2 Å². The Hall–Kier alpha value is -3.31. The number of para-hydroxylation sites is 2. The number of hydrogen-bond donors (Lipinski definition) is 1. The van der Waals surface area contributed by atoms with Crippen molar-refractivity contribution >= 4 is 28.5 Å². The number of nitrogens with zero attached hydrogens (tertiary/aromatic N) is 2. The molecule has 1 amide bonds. The Bertz CT molecular complexity index is 1270. The Kier molecular flexibility index (Phi) is 8.79. The standard InChI is InChI=1S/C29H32ClN3O2/c1-22-10-7-13-25(20-22)35-19-9-18-33-27-15-5-4-14-26(27)32-28(33)16-3-2-6-17-31-29(34)23-11-8-12-24(30)21-23/h4-5,7-8,10-15,20-21H,2-3,6,9,16-19H2,1H3,(H,31,34). The van der Waals surface area contributed by atoms with Crippen LogP contribution in [0.1, 0.15) is 47.4 Å². The van der Waals surface area contributed by atoms with Gasteiger partial charge in [-0.1, -0.05) is 48.4 Å². The second-order valence-electron chi connectivity index (χ2n) is 8.76. The molecule has 35 heavy (non-hydrogen) atoms. The predicted molar refractivity (Wildman–Crippen MR) is 142 cm³/mol. The molecule has 182 valence electrons. The molecule has 0 atom stereocenters. The summed E-state index contributed by atoms with van der Waals surface area (Å²) in [7, 11) is 0. The van der Waals surface area contributed by atoms with E-state index >= 15 is 0 Å². The number of fused-ring (bicyclic) bond motifs is 1. The summed E-state index contributed by atoms with van der Waals surface area (Å²) in [6, 6.07) is 23.5. The van der Waals surface area contributed by atoms with E-state index in [-0.39, 0.29) is 5.91 Å². The summed E-state index contributed by atoms with van der Waals surface area (Å²) >= 11 is 5.97. The molecule has 6 heteroatoms. The number of aromatic nitrogens is 2. The van der Waals surface area contributed by atoms with E-state index in [2.05, 4.69) is 47.1 Å². The smallest absolute Gasteiger partial charge is 0.251 e. The van der Waals surface area contributed by atoms with Gasteiger partial charge in [0, 0.05) is 30.1 Å². The molecule has 0 saturated heterocycles. The first-order valence-electron chi connectivity index (χ1n) is 12.3. The average Bonchev–Trinajstić information content (AvgIpc) is 3.21. The minimum atomic E-state index is -0.0813. The number of benzene rings is 3. The third-order valence-corrected chi connectivity index (χ3v) is 6.20. The summed E-state index contributed by atoms with van der Waals surface area (Å²) < 4.78 is 8.27. The Labute approximate surface area is 212 Å². The number of unbranched alkanes of at least 4 members (excludes halogenated alkanes) is 2. The molecule has 1 N–H and O–H groups in total. The molecule has 5 nitrogen and oxygen atoms in total. The van der Waals surface area contributed by atoms with Gasteiger partial charge in [0.1, 0.15) is 11.6 Å². The van der Waals surface area contributed by atoms with Gasteiger partial charge in [-0.2, -0.15) is 0 Å². The molecule has 0 bridgehead atoms. The molecule has 1 heterocycles. The van der Waals surface area contributed by atoms with Gasteiger partial charge in [-0.05, 0) is 74.2 Å². The maximum atomic E-state index is 12.2. The summed E-state index contributed by atoms with van der Waals surface area (Å²) in [5.41, 5.74) is 4.01. The minimum Gasteiger partial charge on any atom is -0.494 e. The molecule has 3 aromatic carbocycles. The highest BCUT2D eigenvalue weighted by Crippen LogP contribution is 2.19. The van der Waals surface area contributed by atoms with Crippen LogP contribution in [-0.4, -0.2) is 28.6 Å². The zero-order valence-corrected chi connectivity index (χ0v) is 20.9. The van der Waals surface area contributed by atoms with Crippen molar-refractivity contribution in [2.24, 2.45) is 0 Å². The van der Waals surface area contributed by atoms with Gasteiger partial charge in [0.2, 0.25) is 0 Å². The van der Waals surface area contributed by atoms with Crippen LogP contribution in [0.3, 0.4) is 0 Å². The van der Waals surface area contributed by atoms with Gasteiger partial charge < -0.3 is 14.6 Å². The van der Waals surface area contributed by atoms with E-state index in [1.165, 1.54) is 11.1 Å². The molecule has 0 aliphatic heterocycles. The molecule has 0 aliphatic carbocycles. The van der Waals surface area contributed by atoms with E-state index in [1.54, 1.807) is 24.3 Å². The van der Waals surface area contributed by atoms with Crippen molar-refractivity contribution in [3.05, 3.63) is 94.8 Å². The number of ether oxygens (including phenoxy) is 1. The molecule has 0 spiro atoms. The fourth-order valence-corrected chi connectivity index (χ4v) is 4.39. The topological polar surface area (TPSA) is 56.1 Å². The highest BCUT2D eigenvalue weighted by atomic mass is 35.5. The van der Waals surface area contributed by atoms with E-state index in [0.29, 0.717) is 23.7 Å². The van der Waals surface area contributed by atoms with Gasteiger partial charge >= 0.3 is 0 Å². The predicted octanol–water partition coefficient (Wildman–Crippen LogP) is 6.61. The van der Waals surface area contributed by atoms with E-state index in [4.69, 9.17) is 21.3 Å². The van der Waals surface area contributed by atoms with Crippen LogP contribution in [-0.2, 0) is 13.0 Å². The molecule has 0 aliphatic rings. The number of carbonyl (C=O) groups excluding carboxylic acids is 1. The number of nitrogens with one attached hydrogen (secondary N) is 1. The Morgan fingerprint density at radius 1 is 0.971 bits per heavy atom. The lowest BCUT2D eigenvalue weighted by molar-refractivity contribution is 0.0953. The van der Waals surface area contributed by atoms with Crippen LogP contribution in [0, 0.1) is 6.92 Å². The molecule has 0 fully saturated rings. The monoisotopic (exact) mass is 489 g/mol.